The van der Waals surface area contributed by atoms with Gasteiger partial charge in [-0.3, -0.25) is 0 Å². The van der Waals surface area contributed by atoms with Crippen molar-refractivity contribution in [3.05, 3.63) is 11.6 Å². The van der Waals surface area contributed by atoms with Crippen LogP contribution in [-0.4, -0.2) is 23.7 Å². The number of hydrogen-bond acceptors (Lipinski definition) is 3. The summed E-state index contributed by atoms with van der Waals surface area (Å²) in [4.78, 5) is 21.9. The highest BCUT2D eigenvalue weighted by Gasteiger charge is 2.07. The molecule has 0 aliphatic rings. The molecule has 0 saturated carbocycles. The van der Waals surface area contributed by atoms with E-state index in [-0.39, 0.29) is 5.57 Å². The van der Waals surface area contributed by atoms with Gasteiger partial charge in [0.2, 0.25) is 0 Å². The van der Waals surface area contributed by atoms with E-state index in [2.05, 4.69) is 13.8 Å². The Kier molecular flexibility index (Phi) is 17.2. The fourth-order valence-electron chi connectivity index (χ4n) is 3.12. The molecular formula is C23H42O4. The number of rotatable bonds is 18. The minimum atomic E-state index is -1.12. The molecule has 0 saturated heterocycles. The van der Waals surface area contributed by atoms with Crippen molar-refractivity contribution < 1.29 is 19.4 Å². The standard InChI is InChI=1S/C23H42O4/c1-20(2)17-15-13-11-9-7-5-4-6-8-10-12-14-16-18-27-23(26)21(3)19-22(24)25/h19-20H,4-18H2,1-3H3,(H,24,25)/b21-19-. The van der Waals surface area contributed by atoms with Gasteiger partial charge >= 0.3 is 11.9 Å². The van der Waals surface area contributed by atoms with E-state index in [9.17, 15) is 9.59 Å². The third-order valence-corrected chi connectivity index (χ3v) is 4.82. The highest BCUT2D eigenvalue weighted by molar-refractivity contribution is 5.95. The van der Waals surface area contributed by atoms with Crippen LogP contribution in [0.5, 0.6) is 0 Å². The van der Waals surface area contributed by atoms with Crippen molar-refractivity contribution >= 4 is 11.9 Å². The van der Waals surface area contributed by atoms with Crippen molar-refractivity contribution in [2.24, 2.45) is 5.92 Å². The maximum atomic E-state index is 11.5. The van der Waals surface area contributed by atoms with E-state index in [1.807, 2.05) is 0 Å². The molecule has 0 heterocycles. The zero-order valence-electron chi connectivity index (χ0n) is 17.9. The van der Waals surface area contributed by atoms with Gasteiger partial charge in [-0.1, -0.05) is 97.3 Å². The molecule has 27 heavy (non-hydrogen) atoms. The fraction of sp³-hybridized carbons (Fsp3) is 0.826. The highest BCUT2D eigenvalue weighted by Crippen LogP contribution is 2.14. The first-order chi connectivity index (χ1) is 12.9. The minimum Gasteiger partial charge on any atom is -0.478 e. The molecule has 0 spiro atoms. The van der Waals surface area contributed by atoms with Gasteiger partial charge in [0, 0.05) is 11.6 Å². The second-order valence-corrected chi connectivity index (χ2v) is 8.08. The van der Waals surface area contributed by atoms with Gasteiger partial charge in [0.15, 0.2) is 0 Å². The minimum absolute atomic E-state index is 0.137. The molecule has 1 N–H and O–H groups in total. The fourth-order valence-corrected chi connectivity index (χ4v) is 3.12. The summed E-state index contributed by atoms with van der Waals surface area (Å²) in [5, 5.41) is 8.57. The Labute approximate surface area is 166 Å². The molecule has 0 aromatic rings. The monoisotopic (exact) mass is 382 g/mol. The summed E-state index contributed by atoms with van der Waals surface area (Å²) in [5.74, 6) is -0.798. The van der Waals surface area contributed by atoms with Gasteiger partial charge in [0.1, 0.15) is 0 Å². The lowest BCUT2D eigenvalue weighted by atomic mass is 10.0. The van der Waals surface area contributed by atoms with E-state index >= 15 is 0 Å². The van der Waals surface area contributed by atoms with E-state index in [0.717, 1.165) is 24.8 Å². The van der Waals surface area contributed by atoms with Crippen molar-refractivity contribution in [1.29, 1.82) is 0 Å². The van der Waals surface area contributed by atoms with E-state index < -0.39 is 11.9 Å². The number of aliphatic carboxylic acids is 1. The van der Waals surface area contributed by atoms with Gasteiger partial charge in [-0.15, -0.1) is 0 Å². The van der Waals surface area contributed by atoms with Gasteiger partial charge in [-0.05, 0) is 19.3 Å². The van der Waals surface area contributed by atoms with Crippen LogP contribution in [0.2, 0.25) is 0 Å². The van der Waals surface area contributed by atoms with Crippen LogP contribution >= 0.6 is 0 Å². The summed E-state index contributed by atoms with van der Waals surface area (Å²) in [6, 6.07) is 0. The lowest BCUT2D eigenvalue weighted by molar-refractivity contribution is -0.140. The topological polar surface area (TPSA) is 63.6 Å². The maximum Gasteiger partial charge on any atom is 0.333 e. The van der Waals surface area contributed by atoms with E-state index in [4.69, 9.17) is 9.84 Å². The first kappa shape index (κ1) is 25.7. The molecule has 4 heteroatoms. The number of hydrogen-bond donors (Lipinski definition) is 1. The summed E-state index contributed by atoms with van der Waals surface area (Å²) in [5.41, 5.74) is 0.137. The summed E-state index contributed by atoms with van der Waals surface area (Å²) in [6.07, 6.45) is 19.0. The zero-order valence-corrected chi connectivity index (χ0v) is 17.9. The lowest BCUT2D eigenvalue weighted by Crippen LogP contribution is -2.08. The van der Waals surface area contributed by atoms with Gasteiger partial charge in [0.25, 0.3) is 0 Å². The summed E-state index contributed by atoms with van der Waals surface area (Å²) < 4.78 is 5.05. The van der Waals surface area contributed by atoms with Crippen LogP contribution in [-0.2, 0) is 14.3 Å². The quantitative estimate of drug-likeness (QED) is 0.163. The number of carbonyl (C=O) groups excluding carboxylic acids is 1. The second-order valence-electron chi connectivity index (χ2n) is 8.08. The van der Waals surface area contributed by atoms with Crippen molar-refractivity contribution in [2.45, 2.75) is 111 Å². The largest absolute Gasteiger partial charge is 0.478 e. The smallest absolute Gasteiger partial charge is 0.333 e. The molecule has 0 amide bonds. The first-order valence-corrected chi connectivity index (χ1v) is 11.0. The Morgan fingerprint density at radius 2 is 1.19 bits per heavy atom. The molecule has 0 bridgehead atoms. The lowest BCUT2D eigenvalue weighted by Gasteiger charge is -2.05. The Bertz CT molecular complexity index is 413. The van der Waals surface area contributed by atoms with Crippen LogP contribution < -0.4 is 0 Å². The van der Waals surface area contributed by atoms with Crippen LogP contribution in [0.1, 0.15) is 111 Å². The normalized spacial score (nSPS) is 11.8. The van der Waals surface area contributed by atoms with Crippen LogP contribution in [0.3, 0.4) is 0 Å². The third kappa shape index (κ3) is 19.3. The molecule has 0 radical (unpaired) electrons. The van der Waals surface area contributed by atoms with Crippen LogP contribution in [0.4, 0.5) is 0 Å². The molecule has 0 atom stereocenters. The molecule has 0 aromatic carbocycles. The van der Waals surface area contributed by atoms with E-state index in [1.165, 1.54) is 84.0 Å². The van der Waals surface area contributed by atoms with Gasteiger partial charge in [0.05, 0.1) is 6.61 Å². The average Bonchev–Trinajstić information content (AvgIpc) is 2.60. The molecule has 0 fully saturated rings. The molecule has 4 nitrogen and oxygen atoms in total. The van der Waals surface area contributed by atoms with E-state index in [0.29, 0.717) is 6.61 Å². The number of carboxylic acids is 1. The van der Waals surface area contributed by atoms with Gasteiger partial charge in [-0.25, -0.2) is 9.59 Å². The van der Waals surface area contributed by atoms with E-state index in [1.54, 1.807) is 0 Å². The van der Waals surface area contributed by atoms with Crippen molar-refractivity contribution in [3.8, 4) is 0 Å². The molecule has 0 unspecified atom stereocenters. The van der Waals surface area contributed by atoms with Crippen LogP contribution in [0, 0.1) is 5.92 Å². The SMILES string of the molecule is C/C(=C/C(=O)O)C(=O)OCCCCCCCCCCCCCCCC(C)C. The van der Waals surface area contributed by atoms with Crippen molar-refractivity contribution in [1.82, 2.24) is 0 Å². The third-order valence-electron chi connectivity index (χ3n) is 4.82. The van der Waals surface area contributed by atoms with Crippen LogP contribution in [0.25, 0.3) is 0 Å². The first-order valence-electron chi connectivity index (χ1n) is 11.0. The van der Waals surface area contributed by atoms with Gasteiger partial charge in [-0.2, -0.15) is 0 Å². The average molecular weight is 383 g/mol. The highest BCUT2D eigenvalue weighted by atomic mass is 16.5. The van der Waals surface area contributed by atoms with Crippen molar-refractivity contribution in [2.75, 3.05) is 6.61 Å². The molecule has 0 rings (SSSR count). The molecule has 0 aliphatic carbocycles. The number of unbranched alkanes of at least 4 members (excludes halogenated alkanes) is 12. The number of esters is 1. The molecule has 0 aromatic heterocycles. The molecular weight excluding hydrogens is 340 g/mol. The van der Waals surface area contributed by atoms with Crippen LogP contribution in [0.15, 0.2) is 11.6 Å². The Morgan fingerprint density at radius 1 is 0.778 bits per heavy atom. The predicted molar refractivity (Wildman–Crippen MR) is 112 cm³/mol. The Hall–Kier alpha value is -1.32. The summed E-state index contributed by atoms with van der Waals surface area (Å²) in [6.45, 7) is 6.45. The second kappa shape index (κ2) is 18.1. The maximum absolute atomic E-state index is 11.5. The molecule has 0 aliphatic heterocycles. The number of ether oxygens (including phenoxy) is 1. The van der Waals surface area contributed by atoms with Crippen molar-refractivity contribution in [3.63, 3.8) is 0 Å². The summed E-state index contributed by atoms with van der Waals surface area (Å²) in [7, 11) is 0. The molecule has 158 valence electrons. The summed E-state index contributed by atoms with van der Waals surface area (Å²) >= 11 is 0. The predicted octanol–water partition coefficient (Wildman–Crippen LogP) is 6.68. The van der Waals surface area contributed by atoms with Gasteiger partial charge < -0.3 is 9.84 Å². The number of carbonyl (C=O) groups is 2. The Balaban J connectivity index is 3.25. The Morgan fingerprint density at radius 3 is 1.59 bits per heavy atom. The zero-order chi connectivity index (χ0) is 20.3. The number of carboxylic acid groups (broad SMARTS) is 1.